The molecule has 0 bridgehead atoms. The van der Waals surface area contributed by atoms with Crippen LogP contribution in [0.3, 0.4) is 0 Å². The molecule has 0 aliphatic heterocycles. The molecule has 1 aromatic carbocycles. The molecule has 1 heterocycles. The van der Waals surface area contributed by atoms with Gasteiger partial charge in [-0.05, 0) is 48.9 Å². The standard InChI is InChI=1S/C20H23ClN2O3S/c1-3-4-11-5-7-13-16(9-11)27-20(17(13)18(22)24)23-19(25)14-10-12(21)6-8-15(14)26-2/h6,8,10-11H,3-5,7,9H2,1-2H3,(H2,22,24)(H,23,25). The van der Waals surface area contributed by atoms with Gasteiger partial charge in [-0.1, -0.05) is 31.4 Å². The van der Waals surface area contributed by atoms with Crippen LogP contribution >= 0.6 is 22.9 Å². The largest absolute Gasteiger partial charge is 0.496 e. The van der Waals surface area contributed by atoms with Gasteiger partial charge in [0.25, 0.3) is 11.8 Å². The Morgan fingerprint density at radius 1 is 1.41 bits per heavy atom. The van der Waals surface area contributed by atoms with Crippen molar-refractivity contribution in [2.75, 3.05) is 12.4 Å². The van der Waals surface area contributed by atoms with Crippen molar-refractivity contribution in [1.82, 2.24) is 0 Å². The second-order valence-electron chi connectivity index (χ2n) is 6.77. The first-order valence-corrected chi connectivity index (χ1v) is 10.2. The minimum Gasteiger partial charge on any atom is -0.496 e. The molecule has 1 unspecified atom stereocenters. The van der Waals surface area contributed by atoms with Crippen LogP contribution in [0, 0.1) is 5.92 Å². The normalized spacial score (nSPS) is 15.9. The second-order valence-corrected chi connectivity index (χ2v) is 8.31. The summed E-state index contributed by atoms with van der Waals surface area (Å²) in [5.74, 6) is 0.163. The van der Waals surface area contributed by atoms with Crippen LogP contribution in [0.25, 0.3) is 0 Å². The van der Waals surface area contributed by atoms with Crippen LogP contribution < -0.4 is 15.8 Å². The highest BCUT2D eigenvalue weighted by Crippen LogP contribution is 2.41. The average Bonchev–Trinajstić information content (AvgIpc) is 2.99. The first-order chi connectivity index (χ1) is 12.9. The third-order valence-corrected chi connectivity index (χ3v) is 6.35. The average molecular weight is 407 g/mol. The summed E-state index contributed by atoms with van der Waals surface area (Å²) in [7, 11) is 1.49. The zero-order chi connectivity index (χ0) is 19.6. The molecule has 3 N–H and O–H groups in total. The number of primary amides is 1. The fourth-order valence-electron chi connectivity index (χ4n) is 3.69. The van der Waals surface area contributed by atoms with Crippen molar-refractivity contribution in [3.63, 3.8) is 0 Å². The van der Waals surface area contributed by atoms with E-state index in [0.717, 1.165) is 36.1 Å². The smallest absolute Gasteiger partial charge is 0.260 e. The first kappa shape index (κ1) is 19.7. The van der Waals surface area contributed by atoms with E-state index in [1.165, 1.54) is 24.9 Å². The summed E-state index contributed by atoms with van der Waals surface area (Å²) in [6.45, 7) is 2.18. The highest BCUT2D eigenvalue weighted by atomic mass is 35.5. The fraction of sp³-hybridized carbons (Fsp3) is 0.400. The zero-order valence-corrected chi connectivity index (χ0v) is 17.0. The minimum absolute atomic E-state index is 0.315. The number of fused-ring (bicyclic) bond motifs is 1. The molecule has 5 nitrogen and oxygen atoms in total. The SMILES string of the molecule is CCCC1CCc2c(sc(NC(=O)c3cc(Cl)ccc3OC)c2C(N)=O)C1. The number of carbonyl (C=O) groups is 2. The molecule has 1 aromatic heterocycles. The van der Waals surface area contributed by atoms with Crippen LogP contribution in [0.1, 0.15) is 57.3 Å². The molecule has 7 heteroatoms. The van der Waals surface area contributed by atoms with Crippen LogP contribution in [-0.2, 0) is 12.8 Å². The molecule has 2 aromatic rings. The Bertz CT molecular complexity index is 878. The lowest BCUT2D eigenvalue weighted by Gasteiger charge is -2.21. The number of nitrogens with one attached hydrogen (secondary N) is 1. The van der Waals surface area contributed by atoms with Gasteiger partial charge in [-0.3, -0.25) is 9.59 Å². The predicted octanol–water partition coefficient (Wildman–Crippen LogP) is 4.67. The van der Waals surface area contributed by atoms with Gasteiger partial charge in [-0.2, -0.15) is 0 Å². The Labute approximate surface area is 167 Å². The van der Waals surface area contributed by atoms with Crippen molar-refractivity contribution in [3.8, 4) is 5.75 Å². The summed E-state index contributed by atoms with van der Waals surface area (Å²) in [4.78, 5) is 26.0. The van der Waals surface area contributed by atoms with Crippen molar-refractivity contribution in [1.29, 1.82) is 0 Å². The van der Waals surface area contributed by atoms with E-state index in [9.17, 15) is 9.59 Å². The molecule has 27 heavy (non-hydrogen) atoms. The highest BCUT2D eigenvalue weighted by molar-refractivity contribution is 7.17. The topological polar surface area (TPSA) is 81.4 Å². The maximum atomic E-state index is 12.8. The van der Waals surface area contributed by atoms with Crippen molar-refractivity contribution in [2.24, 2.45) is 11.7 Å². The van der Waals surface area contributed by atoms with Crippen LogP contribution in [0.4, 0.5) is 5.00 Å². The molecule has 1 aliphatic carbocycles. The summed E-state index contributed by atoms with van der Waals surface area (Å²) in [6, 6.07) is 4.84. The minimum atomic E-state index is -0.505. The van der Waals surface area contributed by atoms with Gasteiger partial charge in [0.05, 0.1) is 18.2 Å². The Balaban J connectivity index is 1.92. The Morgan fingerprint density at radius 3 is 2.85 bits per heavy atom. The van der Waals surface area contributed by atoms with Crippen LogP contribution in [0.15, 0.2) is 18.2 Å². The van der Waals surface area contributed by atoms with Gasteiger partial charge < -0.3 is 15.8 Å². The quantitative estimate of drug-likeness (QED) is 0.731. The Hall–Kier alpha value is -2.05. The Morgan fingerprint density at radius 2 is 2.19 bits per heavy atom. The van der Waals surface area contributed by atoms with Crippen molar-refractivity contribution >= 4 is 39.8 Å². The summed E-state index contributed by atoms with van der Waals surface area (Å²) in [6.07, 6.45) is 5.12. The lowest BCUT2D eigenvalue weighted by atomic mass is 9.84. The Kier molecular flexibility index (Phi) is 6.07. The number of hydrogen-bond donors (Lipinski definition) is 2. The summed E-state index contributed by atoms with van der Waals surface area (Å²) >= 11 is 7.48. The second kappa shape index (κ2) is 8.31. The van der Waals surface area contributed by atoms with Crippen molar-refractivity contribution in [2.45, 2.75) is 39.0 Å². The van der Waals surface area contributed by atoms with Crippen LogP contribution in [0.5, 0.6) is 5.75 Å². The number of methoxy groups -OCH3 is 1. The molecule has 0 saturated heterocycles. The third-order valence-electron chi connectivity index (χ3n) is 4.94. The number of benzene rings is 1. The van der Waals surface area contributed by atoms with Gasteiger partial charge in [0.2, 0.25) is 0 Å². The zero-order valence-electron chi connectivity index (χ0n) is 15.4. The van der Waals surface area contributed by atoms with Crippen LogP contribution in [-0.4, -0.2) is 18.9 Å². The highest BCUT2D eigenvalue weighted by Gasteiger charge is 2.28. The molecule has 3 rings (SSSR count). The van der Waals surface area contributed by atoms with Gasteiger partial charge in [0.1, 0.15) is 10.8 Å². The van der Waals surface area contributed by atoms with Crippen molar-refractivity contribution in [3.05, 3.63) is 44.8 Å². The van der Waals surface area contributed by atoms with Gasteiger partial charge >= 0.3 is 0 Å². The van der Waals surface area contributed by atoms with Crippen molar-refractivity contribution < 1.29 is 14.3 Å². The predicted molar refractivity (Wildman–Crippen MR) is 109 cm³/mol. The maximum absolute atomic E-state index is 12.8. The summed E-state index contributed by atoms with van der Waals surface area (Å²) in [5, 5.41) is 3.80. The van der Waals surface area contributed by atoms with Crippen LogP contribution in [0.2, 0.25) is 5.02 Å². The van der Waals surface area contributed by atoms with E-state index in [1.807, 2.05) is 0 Å². The van der Waals surface area contributed by atoms with Gasteiger partial charge in [0.15, 0.2) is 0 Å². The van der Waals surface area contributed by atoms with E-state index in [0.29, 0.717) is 32.8 Å². The molecular formula is C20H23ClN2O3S. The summed E-state index contributed by atoms with van der Waals surface area (Å²) in [5.41, 5.74) is 7.39. The number of ether oxygens (including phenoxy) is 1. The maximum Gasteiger partial charge on any atom is 0.260 e. The van der Waals surface area contributed by atoms with E-state index in [1.54, 1.807) is 18.2 Å². The van der Waals surface area contributed by atoms with E-state index in [2.05, 4.69) is 12.2 Å². The molecule has 0 fully saturated rings. The van der Waals surface area contributed by atoms with Gasteiger partial charge in [-0.15, -0.1) is 11.3 Å². The molecule has 0 saturated carbocycles. The molecule has 144 valence electrons. The molecule has 0 radical (unpaired) electrons. The van der Waals surface area contributed by atoms with E-state index >= 15 is 0 Å². The number of thiophene rings is 1. The summed E-state index contributed by atoms with van der Waals surface area (Å²) < 4.78 is 5.25. The van der Waals surface area contributed by atoms with E-state index in [-0.39, 0.29) is 5.91 Å². The number of amides is 2. The lowest BCUT2D eigenvalue weighted by molar-refractivity contribution is 0.1000. The molecular weight excluding hydrogens is 384 g/mol. The van der Waals surface area contributed by atoms with Gasteiger partial charge in [0, 0.05) is 9.90 Å². The number of halogens is 1. The fourth-order valence-corrected chi connectivity index (χ4v) is 5.22. The molecule has 2 amide bonds. The van der Waals surface area contributed by atoms with E-state index in [4.69, 9.17) is 22.1 Å². The van der Waals surface area contributed by atoms with E-state index < -0.39 is 5.91 Å². The molecule has 1 aliphatic rings. The first-order valence-electron chi connectivity index (χ1n) is 9.03. The monoisotopic (exact) mass is 406 g/mol. The number of carbonyl (C=O) groups excluding carboxylic acids is 2. The van der Waals surface area contributed by atoms with Gasteiger partial charge in [-0.25, -0.2) is 0 Å². The number of hydrogen-bond acceptors (Lipinski definition) is 4. The number of nitrogens with two attached hydrogens (primary N) is 1. The molecule has 1 atom stereocenters. The number of rotatable bonds is 6. The third kappa shape index (κ3) is 4.12. The number of anilines is 1. The lowest BCUT2D eigenvalue weighted by Crippen LogP contribution is -2.20. The molecule has 0 spiro atoms.